The van der Waals surface area contributed by atoms with Crippen molar-refractivity contribution in [1.29, 1.82) is 0 Å². The van der Waals surface area contributed by atoms with Gasteiger partial charge in [0.2, 0.25) is 5.78 Å². The Labute approximate surface area is 100 Å². The average molecular weight is 267 g/mol. The fourth-order valence-corrected chi connectivity index (χ4v) is 1.23. The summed E-state index contributed by atoms with van der Waals surface area (Å²) in [4.78, 5) is 10.6. The number of carbonyl (C=O) groups is 1. The maximum atomic E-state index is 11.9. The number of benzene rings is 1. The van der Waals surface area contributed by atoms with Gasteiger partial charge in [-0.05, 0) is 18.2 Å². The Balaban J connectivity index is 3.01. The van der Waals surface area contributed by atoms with Gasteiger partial charge in [0.1, 0.15) is 5.76 Å². The lowest BCUT2D eigenvalue weighted by atomic mass is 10.1. The van der Waals surface area contributed by atoms with Gasteiger partial charge in [-0.1, -0.05) is 23.2 Å². The van der Waals surface area contributed by atoms with Crippen molar-refractivity contribution in [3.05, 3.63) is 39.9 Å². The summed E-state index contributed by atoms with van der Waals surface area (Å²) in [6.45, 7) is 0. The van der Waals surface area contributed by atoms with E-state index in [0.29, 0.717) is 6.08 Å². The van der Waals surface area contributed by atoms with Crippen LogP contribution in [-0.4, -0.2) is 17.3 Å². The maximum absolute atomic E-state index is 11.9. The van der Waals surface area contributed by atoms with Crippen molar-refractivity contribution in [1.82, 2.24) is 0 Å². The van der Waals surface area contributed by atoms with E-state index in [-0.39, 0.29) is 15.6 Å². The van der Waals surface area contributed by atoms with Crippen LogP contribution in [0.3, 0.4) is 0 Å². The van der Waals surface area contributed by atoms with Crippen molar-refractivity contribution in [3.63, 3.8) is 0 Å². The number of carbonyl (C=O) groups excluding carboxylic acids is 1. The summed E-state index contributed by atoms with van der Waals surface area (Å²) in [5.74, 6) is -2.05. The predicted octanol–water partition coefficient (Wildman–Crippen LogP) is 3.73. The molecule has 1 N–H and O–H groups in total. The van der Waals surface area contributed by atoms with Crippen molar-refractivity contribution in [2.24, 2.45) is 0 Å². The first-order valence-corrected chi connectivity index (χ1v) is 4.85. The molecule has 1 aromatic carbocycles. The lowest BCUT2D eigenvalue weighted by molar-refractivity contribution is -0.124. The Morgan fingerprint density at radius 1 is 1.31 bits per heavy atom. The van der Waals surface area contributed by atoms with Gasteiger partial charge in [0.25, 0.3) is 6.43 Å². The molecule has 0 radical (unpaired) electrons. The Kier molecular flexibility index (Phi) is 4.26. The van der Waals surface area contributed by atoms with Gasteiger partial charge in [0, 0.05) is 11.6 Å². The molecule has 0 unspecified atom stereocenters. The molecular formula is C10H6Cl2F2O2. The SMILES string of the molecule is O=C(/C=C(\O)c1ccc(Cl)c(Cl)c1)C(F)F. The molecule has 0 saturated heterocycles. The summed E-state index contributed by atoms with van der Waals surface area (Å²) in [6, 6.07) is 4.02. The number of allylic oxidation sites excluding steroid dienone is 1. The Hall–Kier alpha value is -1.13. The van der Waals surface area contributed by atoms with Crippen LogP contribution in [0.25, 0.3) is 5.76 Å². The molecule has 0 atom stereocenters. The number of halogens is 4. The van der Waals surface area contributed by atoms with Gasteiger partial charge in [0.05, 0.1) is 10.0 Å². The molecule has 16 heavy (non-hydrogen) atoms. The van der Waals surface area contributed by atoms with E-state index in [4.69, 9.17) is 23.2 Å². The lowest BCUT2D eigenvalue weighted by Crippen LogP contribution is -2.06. The van der Waals surface area contributed by atoms with E-state index in [1.54, 1.807) is 0 Å². The lowest BCUT2D eigenvalue weighted by Gasteiger charge is -2.02. The van der Waals surface area contributed by atoms with Crippen molar-refractivity contribution in [2.75, 3.05) is 0 Å². The first kappa shape index (κ1) is 12.9. The second-order valence-corrected chi connectivity index (χ2v) is 3.68. The number of aliphatic hydroxyl groups excluding tert-OH is 1. The third-order valence-corrected chi connectivity index (χ3v) is 2.45. The smallest absolute Gasteiger partial charge is 0.300 e. The Morgan fingerprint density at radius 3 is 2.44 bits per heavy atom. The molecule has 2 nitrogen and oxygen atoms in total. The number of hydrogen-bond donors (Lipinski definition) is 1. The third-order valence-electron chi connectivity index (χ3n) is 1.71. The van der Waals surface area contributed by atoms with Gasteiger partial charge in [-0.3, -0.25) is 4.79 Å². The Bertz CT molecular complexity index is 444. The van der Waals surface area contributed by atoms with E-state index in [2.05, 4.69) is 0 Å². The van der Waals surface area contributed by atoms with Crippen molar-refractivity contribution >= 4 is 34.7 Å². The van der Waals surface area contributed by atoms with Crippen LogP contribution >= 0.6 is 23.2 Å². The third kappa shape index (κ3) is 3.18. The fraction of sp³-hybridized carbons (Fsp3) is 0.100. The van der Waals surface area contributed by atoms with Gasteiger partial charge in [-0.2, -0.15) is 0 Å². The summed E-state index contributed by atoms with van der Waals surface area (Å²) in [5, 5.41) is 9.78. The summed E-state index contributed by atoms with van der Waals surface area (Å²) < 4.78 is 23.8. The van der Waals surface area contributed by atoms with Crippen LogP contribution in [0, 0.1) is 0 Å². The molecule has 86 valence electrons. The summed E-state index contributed by atoms with van der Waals surface area (Å²) >= 11 is 11.3. The molecule has 0 fully saturated rings. The normalized spacial score (nSPS) is 11.9. The molecule has 1 aromatic rings. The predicted molar refractivity (Wildman–Crippen MR) is 58.1 cm³/mol. The largest absolute Gasteiger partial charge is 0.507 e. The van der Waals surface area contributed by atoms with Crippen LogP contribution in [0.5, 0.6) is 0 Å². The zero-order valence-electron chi connectivity index (χ0n) is 7.75. The first-order valence-electron chi connectivity index (χ1n) is 4.10. The zero-order chi connectivity index (χ0) is 12.3. The molecule has 0 aliphatic rings. The van der Waals surface area contributed by atoms with E-state index in [1.807, 2.05) is 0 Å². The molecule has 0 aromatic heterocycles. The van der Waals surface area contributed by atoms with Gasteiger partial charge in [0.15, 0.2) is 0 Å². The minimum atomic E-state index is -3.15. The zero-order valence-corrected chi connectivity index (χ0v) is 9.27. The fourth-order valence-electron chi connectivity index (χ4n) is 0.937. The highest BCUT2D eigenvalue weighted by Crippen LogP contribution is 2.25. The maximum Gasteiger partial charge on any atom is 0.300 e. The van der Waals surface area contributed by atoms with Crippen LogP contribution in [-0.2, 0) is 4.79 Å². The second-order valence-electron chi connectivity index (χ2n) is 2.86. The molecule has 0 spiro atoms. The highest BCUT2D eigenvalue weighted by Gasteiger charge is 2.14. The van der Waals surface area contributed by atoms with Crippen molar-refractivity contribution in [3.8, 4) is 0 Å². The van der Waals surface area contributed by atoms with Crippen LogP contribution in [0.2, 0.25) is 10.0 Å². The molecule has 0 bridgehead atoms. The van der Waals surface area contributed by atoms with Gasteiger partial charge in [-0.15, -0.1) is 0 Å². The molecular weight excluding hydrogens is 261 g/mol. The topological polar surface area (TPSA) is 37.3 Å². The highest BCUT2D eigenvalue weighted by atomic mass is 35.5. The van der Waals surface area contributed by atoms with Gasteiger partial charge in [-0.25, -0.2) is 8.78 Å². The number of aliphatic hydroxyl groups is 1. The molecule has 0 saturated carbocycles. The Morgan fingerprint density at radius 2 is 1.94 bits per heavy atom. The number of ketones is 1. The van der Waals surface area contributed by atoms with Gasteiger partial charge >= 0.3 is 0 Å². The van der Waals surface area contributed by atoms with Crippen LogP contribution < -0.4 is 0 Å². The number of rotatable bonds is 3. The molecule has 0 heterocycles. The monoisotopic (exact) mass is 266 g/mol. The standard InChI is InChI=1S/C10H6Cl2F2O2/c11-6-2-1-5(3-7(6)12)8(15)4-9(16)10(13)14/h1-4,10,15H/b8-4-. The van der Waals surface area contributed by atoms with Crippen LogP contribution in [0.15, 0.2) is 24.3 Å². The second kappa shape index (κ2) is 5.27. The number of alkyl halides is 2. The van der Waals surface area contributed by atoms with E-state index in [0.717, 1.165) is 0 Å². The van der Waals surface area contributed by atoms with Crippen molar-refractivity contribution in [2.45, 2.75) is 6.43 Å². The highest BCUT2D eigenvalue weighted by molar-refractivity contribution is 6.42. The summed E-state index contributed by atoms with van der Waals surface area (Å²) in [6.07, 6.45) is -2.70. The minimum absolute atomic E-state index is 0.142. The quantitative estimate of drug-likeness (QED) is 0.669. The van der Waals surface area contributed by atoms with Crippen molar-refractivity contribution < 1.29 is 18.7 Å². The average Bonchev–Trinajstić information content (AvgIpc) is 2.21. The number of hydrogen-bond acceptors (Lipinski definition) is 2. The summed E-state index contributed by atoms with van der Waals surface area (Å²) in [5.41, 5.74) is 0.142. The molecule has 0 amide bonds. The van der Waals surface area contributed by atoms with Crippen LogP contribution in [0.1, 0.15) is 5.56 Å². The first-order chi connectivity index (χ1) is 7.41. The van der Waals surface area contributed by atoms with E-state index in [9.17, 15) is 18.7 Å². The molecule has 0 aliphatic carbocycles. The van der Waals surface area contributed by atoms with Gasteiger partial charge < -0.3 is 5.11 Å². The molecule has 6 heteroatoms. The van der Waals surface area contributed by atoms with Crippen LogP contribution in [0.4, 0.5) is 8.78 Å². The molecule has 0 aliphatic heterocycles. The van der Waals surface area contributed by atoms with E-state index < -0.39 is 18.0 Å². The molecule has 1 rings (SSSR count). The minimum Gasteiger partial charge on any atom is -0.507 e. The van der Waals surface area contributed by atoms with E-state index >= 15 is 0 Å². The summed E-state index contributed by atoms with van der Waals surface area (Å²) in [7, 11) is 0. The van der Waals surface area contributed by atoms with E-state index in [1.165, 1.54) is 18.2 Å².